The van der Waals surface area contributed by atoms with Crippen molar-refractivity contribution in [1.82, 2.24) is 14.9 Å². The van der Waals surface area contributed by atoms with Gasteiger partial charge in [0, 0.05) is 13.1 Å². The summed E-state index contributed by atoms with van der Waals surface area (Å²) in [6.45, 7) is 2.41. The van der Waals surface area contributed by atoms with Crippen LogP contribution in [0.1, 0.15) is 17.2 Å². The Morgan fingerprint density at radius 1 is 1.29 bits per heavy atom. The van der Waals surface area contributed by atoms with Crippen LogP contribution >= 0.6 is 0 Å². The topological polar surface area (TPSA) is 78.5 Å². The van der Waals surface area contributed by atoms with Gasteiger partial charge in [-0.25, -0.2) is 13.1 Å². The van der Waals surface area contributed by atoms with Crippen LogP contribution in [0.3, 0.4) is 0 Å². The van der Waals surface area contributed by atoms with E-state index in [4.69, 9.17) is 0 Å². The molecule has 0 heterocycles. The van der Waals surface area contributed by atoms with Gasteiger partial charge >= 0.3 is 0 Å². The molecule has 1 aromatic rings. The highest BCUT2D eigenvalue weighted by Crippen LogP contribution is 2.19. The lowest BCUT2D eigenvalue weighted by Crippen LogP contribution is -2.40. The third-order valence-electron chi connectivity index (χ3n) is 2.91. The van der Waals surface area contributed by atoms with Crippen LogP contribution in [0.5, 0.6) is 0 Å². The Morgan fingerprint density at radius 3 is 2.48 bits per heavy atom. The van der Waals surface area contributed by atoms with Crippen LogP contribution in [0.4, 0.5) is 0 Å². The molecule has 6 nitrogen and oxygen atoms in total. The SMILES string of the molecule is Cc1cccc([C@@H](C(=O)NCCNS(C)(=O)=O)N(C)C)c1. The summed E-state index contributed by atoms with van der Waals surface area (Å²) in [6.07, 6.45) is 1.09. The standard InChI is InChI=1S/C14H23N3O3S/c1-11-6-5-7-12(10-11)13(17(2)3)14(18)15-8-9-16-21(4,19)20/h5-7,10,13,16H,8-9H2,1-4H3,(H,15,18)/t13-/m0/s1. The maximum atomic E-state index is 12.3. The largest absolute Gasteiger partial charge is 0.353 e. The van der Waals surface area contributed by atoms with Gasteiger partial charge in [0.25, 0.3) is 0 Å². The van der Waals surface area contributed by atoms with Gasteiger partial charge in [0.05, 0.1) is 6.26 Å². The number of aryl methyl sites for hydroxylation is 1. The molecule has 2 N–H and O–H groups in total. The fourth-order valence-corrected chi connectivity index (χ4v) is 2.52. The highest BCUT2D eigenvalue weighted by molar-refractivity contribution is 7.88. The fourth-order valence-electron chi connectivity index (χ4n) is 2.04. The van der Waals surface area contributed by atoms with E-state index in [0.29, 0.717) is 0 Å². The molecule has 1 atom stereocenters. The first-order valence-corrected chi connectivity index (χ1v) is 8.55. The summed E-state index contributed by atoms with van der Waals surface area (Å²) < 4.78 is 24.2. The Balaban J connectivity index is 2.67. The second-order valence-electron chi connectivity index (χ2n) is 5.24. The van der Waals surface area contributed by atoms with Gasteiger partial charge in [-0.1, -0.05) is 29.8 Å². The van der Waals surface area contributed by atoms with Gasteiger partial charge in [-0.2, -0.15) is 0 Å². The summed E-state index contributed by atoms with van der Waals surface area (Å²) in [4.78, 5) is 14.1. The monoisotopic (exact) mass is 313 g/mol. The van der Waals surface area contributed by atoms with Crippen LogP contribution in [0.25, 0.3) is 0 Å². The normalized spacial score (nSPS) is 13.2. The van der Waals surface area contributed by atoms with Crippen molar-refractivity contribution < 1.29 is 13.2 Å². The molecule has 0 aliphatic heterocycles. The lowest BCUT2D eigenvalue weighted by Gasteiger charge is -2.24. The molecular formula is C14H23N3O3S. The number of rotatable bonds is 7. The fraction of sp³-hybridized carbons (Fsp3) is 0.500. The number of sulfonamides is 1. The van der Waals surface area contributed by atoms with Gasteiger partial charge in [-0.05, 0) is 26.6 Å². The molecule has 118 valence electrons. The summed E-state index contributed by atoms with van der Waals surface area (Å²) >= 11 is 0. The molecule has 0 aromatic heterocycles. The highest BCUT2D eigenvalue weighted by Gasteiger charge is 2.22. The Bertz CT molecular complexity index is 585. The summed E-state index contributed by atoms with van der Waals surface area (Å²) in [5.41, 5.74) is 2.00. The highest BCUT2D eigenvalue weighted by atomic mass is 32.2. The number of benzene rings is 1. The van der Waals surface area contributed by atoms with E-state index in [1.54, 1.807) is 0 Å². The molecule has 1 amide bonds. The van der Waals surface area contributed by atoms with Crippen molar-refractivity contribution in [2.24, 2.45) is 0 Å². The molecule has 0 aliphatic rings. The third-order valence-corrected chi connectivity index (χ3v) is 3.64. The number of hydrogen-bond acceptors (Lipinski definition) is 4. The van der Waals surface area contributed by atoms with E-state index in [1.165, 1.54) is 0 Å². The van der Waals surface area contributed by atoms with Crippen molar-refractivity contribution in [2.45, 2.75) is 13.0 Å². The van der Waals surface area contributed by atoms with Gasteiger partial charge in [-0.15, -0.1) is 0 Å². The number of hydrogen-bond donors (Lipinski definition) is 2. The molecule has 0 bridgehead atoms. The zero-order valence-corrected chi connectivity index (χ0v) is 13.7. The number of likely N-dealkylation sites (N-methyl/N-ethyl adjacent to an activating group) is 1. The van der Waals surface area contributed by atoms with E-state index < -0.39 is 16.1 Å². The van der Waals surface area contributed by atoms with Crippen LogP contribution < -0.4 is 10.0 Å². The van der Waals surface area contributed by atoms with Gasteiger partial charge < -0.3 is 5.32 Å². The van der Waals surface area contributed by atoms with Crippen molar-refractivity contribution in [3.05, 3.63) is 35.4 Å². The van der Waals surface area contributed by atoms with Gasteiger partial charge in [0.2, 0.25) is 15.9 Å². The van der Waals surface area contributed by atoms with Crippen LogP contribution in [-0.2, 0) is 14.8 Å². The maximum Gasteiger partial charge on any atom is 0.241 e. The van der Waals surface area contributed by atoms with Crippen LogP contribution in [0.15, 0.2) is 24.3 Å². The van der Waals surface area contributed by atoms with E-state index in [-0.39, 0.29) is 19.0 Å². The molecule has 0 spiro atoms. The number of amides is 1. The predicted octanol–water partition coefficient (Wildman–Crippen LogP) is 0.263. The maximum absolute atomic E-state index is 12.3. The Kier molecular flexibility index (Phi) is 6.32. The first-order valence-electron chi connectivity index (χ1n) is 6.66. The lowest BCUT2D eigenvalue weighted by molar-refractivity contribution is -0.125. The molecular weight excluding hydrogens is 290 g/mol. The van der Waals surface area contributed by atoms with E-state index >= 15 is 0 Å². The molecule has 0 radical (unpaired) electrons. The van der Waals surface area contributed by atoms with Crippen molar-refractivity contribution in [2.75, 3.05) is 33.4 Å². The first kappa shape index (κ1) is 17.6. The summed E-state index contributed by atoms with van der Waals surface area (Å²) in [5.74, 6) is -0.152. The summed E-state index contributed by atoms with van der Waals surface area (Å²) in [7, 11) is 0.441. The van der Waals surface area contributed by atoms with E-state index in [1.807, 2.05) is 50.2 Å². The minimum absolute atomic E-state index is 0.152. The average molecular weight is 313 g/mol. The number of nitrogens with zero attached hydrogens (tertiary/aromatic N) is 1. The quantitative estimate of drug-likeness (QED) is 0.708. The predicted molar refractivity (Wildman–Crippen MR) is 83.5 cm³/mol. The van der Waals surface area contributed by atoms with Crippen molar-refractivity contribution in [3.63, 3.8) is 0 Å². The minimum atomic E-state index is -3.23. The molecule has 0 saturated carbocycles. The van der Waals surface area contributed by atoms with Crippen LogP contribution in [-0.4, -0.2) is 52.7 Å². The molecule has 0 unspecified atom stereocenters. The Hall–Kier alpha value is -1.44. The summed E-state index contributed by atoms with van der Waals surface area (Å²) in [6, 6.07) is 7.37. The Labute approximate surface area is 126 Å². The molecule has 21 heavy (non-hydrogen) atoms. The smallest absolute Gasteiger partial charge is 0.241 e. The van der Waals surface area contributed by atoms with Crippen molar-refractivity contribution in [3.8, 4) is 0 Å². The second kappa shape index (κ2) is 7.53. The molecule has 1 rings (SSSR count). The number of nitrogens with one attached hydrogen (secondary N) is 2. The minimum Gasteiger partial charge on any atom is -0.353 e. The number of carbonyl (C=O) groups is 1. The van der Waals surface area contributed by atoms with Gasteiger partial charge in [-0.3, -0.25) is 9.69 Å². The van der Waals surface area contributed by atoms with E-state index in [9.17, 15) is 13.2 Å². The van der Waals surface area contributed by atoms with Crippen LogP contribution in [0, 0.1) is 6.92 Å². The van der Waals surface area contributed by atoms with Crippen LogP contribution in [0.2, 0.25) is 0 Å². The van der Waals surface area contributed by atoms with E-state index in [2.05, 4.69) is 10.0 Å². The average Bonchev–Trinajstić information content (AvgIpc) is 2.33. The van der Waals surface area contributed by atoms with Crippen molar-refractivity contribution >= 4 is 15.9 Å². The van der Waals surface area contributed by atoms with Crippen molar-refractivity contribution in [1.29, 1.82) is 0 Å². The molecule has 0 aliphatic carbocycles. The molecule has 7 heteroatoms. The number of carbonyl (C=O) groups excluding carboxylic acids is 1. The van der Waals surface area contributed by atoms with E-state index in [0.717, 1.165) is 17.4 Å². The Morgan fingerprint density at radius 2 is 1.95 bits per heavy atom. The molecule has 1 aromatic carbocycles. The zero-order chi connectivity index (χ0) is 16.0. The zero-order valence-electron chi connectivity index (χ0n) is 12.9. The summed E-state index contributed by atoms with van der Waals surface area (Å²) in [5, 5.41) is 2.75. The lowest BCUT2D eigenvalue weighted by atomic mass is 10.0. The van der Waals surface area contributed by atoms with Gasteiger partial charge in [0.1, 0.15) is 6.04 Å². The van der Waals surface area contributed by atoms with Gasteiger partial charge in [0.15, 0.2) is 0 Å². The molecule has 0 saturated heterocycles. The third kappa shape index (κ3) is 6.24. The second-order valence-corrected chi connectivity index (χ2v) is 7.07. The first-order chi connectivity index (χ1) is 9.70. The molecule has 0 fully saturated rings.